The smallest absolute Gasteiger partial charge is 0.230 e. The Kier molecular flexibility index (Phi) is 6.67. The Labute approximate surface area is 202 Å². The van der Waals surface area contributed by atoms with Gasteiger partial charge in [-0.25, -0.2) is 4.98 Å². The molecule has 0 bridgehead atoms. The summed E-state index contributed by atoms with van der Waals surface area (Å²) in [5.41, 5.74) is 8.60. The number of carbonyl (C=O) groups excluding carboxylic acids is 1. The molecule has 0 spiro atoms. The van der Waals surface area contributed by atoms with E-state index in [1.54, 1.807) is 29.9 Å². The zero-order valence-corrected chi connectivity index (χ0v) is 21.3. The largest absolute Gasteiger partial charge is 0.276 e. The van der Waals surface area contributed by atoms with Crippen molar-refractivity contribution in [2.45, 2.75) is 52.5 Å². The van der Waals surface area contributed by atoms with Gasteiger partial charge in [0.25, 0.3) is 0 Å². The normalized spacial score (nSPS) is 11.1. The molecule has 0 aliphatic carbocycles. The number of rotatable bonds is 6. The van der Waals surface area contributed by atoms with Gasteiger partial charge in [-0.3, -0.25) is 14.3 Å². The number of thioether (sulfide) groups is 1. The summed E-state index contributed by atoms with van der Waals surface area (Å²) in [7, 11) is 0. The van der Waals surface area contributed by atoms with Gasteiger partial charge in [0.15, 0.2) is 10.3 Å². The van der Waals surface area contributed by atoms with E-state index >= 15 is 0 Å². The number of hydrogen-bond acceptors (Lipinski definition) is 6. The third-order valence-electron chi connectivity index (χ3n) is 5.38. The van der Waals surface area contributed by atoms with Crippen molar-refractivity contribution >= 4 is 39.8 Å². The number of aromatic nitrogens is 4. The summed E-state index contributed by atoms with van der Waals surface area (Å²) in [6.07, 6.45) is 1.74. The Hall–Kier alpha value is -2.97. The van der Waals surface area contributed by atoms with Gasteiger partial charge in [-0.05, 0) is 57.4 Å². The molecule has 0 radical (unpaired) electrons. The fraction of sp³-hybridized carbons (Fsp3) is 0.280. The van der Waals surface area contributed by atoms with Crippen LogP contribution in [0.15, 0.2) is 47.2 Å². The Morgan fingerprint density at radius 2 is 1.73 bits per heavy atom. The summed E-state index contributed by atoms with van der Waals surface area (Å²) in [6, 6.07) is 10.5. The topological polar surface area (TPSA) is 63.9 Å². The first-order chi connectivity index (χ1) is 15.7. The number of nitrogens with zero attached hydrogens (tertiary/aromatic N) is 5. The van der Waals surface area contributed by atoms with Gasteiger partial charge < -0.3 is 0 Å². The summed E-state index contributed by atoms with van der Waals surface area (Å²) in [5, 5.41) is 11.9. The Balaban J connectivity index is 1.57. The fourth-order valence-corrected chi connectivity index (χ4v) is 5.87. The van der Waals surface area contributed by atoms with Crippen LogP contribution in [-0.2, 0) is 10.5 Å². The molecule has 0 aliphatic rings. The second kappa shape index (κ2) is 9.49. The van der Waals surface area contributed by atoms with Gasteiger partial charge >= 0.3 is 0 Å². The molecule has 170 valence electrons. The van der Waals surface area contributed by atoms with E-state index in [9.17, 15) is 4.79 Å². The first-order valence-electron chi connectivity index (χ1n) is 10.7. The molecule has 0 unspecified atom stereocenters. The minimum Gasteiger partial charge on any atom is -0.276 e. The Morgan fingerprint density at radius 3 is 2.39 bits per heavy atom. The van der Waals surface area contributed by atoms with Crippen LogP contribution < -0.4 is 4.90 Å². The lowest BCUT2D eigenvalue weighted by molar-refractivity contribution is -0.115. The van der Waals surface area contributed by atoms with Gasteiger partial charge in [0.1, 0.15) is 6.33 Å². The maximum atomic E-state index is 12.6. The van der Waals surface area contributed by atoms with E-state index in [2.05, 4.69) is 61.3 Å². The molecule has 0 atom stereocenters. The SMILES string of the molecule is CC(=O)N(c1nc(CSc2nncn2-c2ccc(C)cc2C)cs1)c1c(C)cc(C)cc1C. The Bertz CT molecular complexity index is 1300. The average Bonchev–Trinajstić information content (AvgIpc) is 3.38. The number of amides is 1. The summed E-state index contributed by atoms with van der Waals surface area (Å²) in [4.78, 5) is 19.1. The molecular weight excluding hydrogens is 450 g/mol. The molecule has 2 aromatic heterocycles. The first-order valence-corrected chi connectivity index (χ1v) is 12.5. The van der Waals surface area contributed by atoms with E-state index in [1.165, 1.54) is 28.0 Å². The number of thiazole rings is 1. The van der Waals surface area contributed by atoms with E-state index in [1.807, 2.05) is 23.8 Å². The third-order valence-corrected chi connectivity index (χ3v) is 7.23. The van der Waals surface area contributed by atoms with Crippen LogP contribution in [0.2, 0.25) is 0 Å². The number of benzene rings is 2. The van der Waals surface area contributed by atoms with E-state index in [0.29, 0.717) is 10.9 Å². The summed E-state index contributed by atoms with van der Waals surface area (Å²) < 4.78 is 2.01. The molecule has 0 saturated carbocycles. The second-order valence-corrected chi connectivity index (χ2v) is 10.1. The van der Waals surface area contributed by atoms with Gasteiger partial charge in [0.05, 0.1) is 17.1 Å². The number of hydrogen-bond donors (Lipinski definition) is 0. The van der Waals surface area contributed by atoms with Gasteiger partial charge in [-0.2, -0.15) is 0 Å². The molecule has 4 rings (SSSR count). The van der Waals surface area contributed by atoms with Crippen molar-refractivity contribution in [3.63, 3.8) is 0 Å². The second-order valence-electron chi connectivity index (χ2n) is 8.29. The van der Waals surface area contributed by atoms with Crippen molar-refractivity contribution in [2.24, 2.45) is 0 Å². The lowest BCUT2D eigenvalue weighted by atomic mass is 10.0. The lowest BCUT2D eigenvalue weighted by Crippen LogP contribution is -2.24. The molecular formula is C25H27N5OS2. The lowest BCUT2D eigenvalue weighted by Gasteiger charge is -2.23. The summed E-state index contributed by atoms with van der Waals surface area (Å²) in [6.45, 7) is 11.9. The number of anilines is 2. The predicted octanol–water partition coefficient (Wildman–Crippen LogP) is 6.24. The minimum atomic E-state index is -0.0480. The van der Waals surface area contributed by atoms with Gasteiger partial charge in [-0.15, -0.1) is 21.5 Å². The molecule has 8 heteroatoms. The van der Waals surface area contributed by atoms with Crippen LogP contribution in [0.3, 0.4) is 0 Å². The third kappa shape index (κ3) is 4.86. The average molecular weight is 478 g/mol. The molecule has 2 heterocycles. The Morgan fingerprint density at radius 1 is 1.03 bits per heavy atom. The summed E-state index contributed by atoms with van der Waals surface area (Å²) in [5.74, 6) is 0.589. The fourth-order valence-electron chi connectivity index (χ4n) is 4.08. The number of carbonyl (C=O) groups is 1. The summed E-state index contributed by atoms with van der Waals surface area (Å²) >= 11 is 3.06. The highest BCUT2D eigenvalue weighted by atomic mass is 32.2. The van der Waals surface area contributed by atoms with E-state index < -0.39 is 0 Å². The molecule has 0 N–H and O–H groups in total. The van der Waals surface area contributed by atoms with Crippen molar-refractivity contribution in [3.8, 4) is 5.69 Å². The van der Waals surface area contributed by atoms with Crippen LogP contribution in [0.4, 0.5) is 10.8 Å². The predicted molar refractivity (Wildman–Crippen MR) is 136 cm³/mol. The molecule has 0 saturated heterocycles. The maximum Gasteiger partial charge on any atom is 0.230 e. The highest BCUT2D eigenvalue weighted by Gasteiger charge is 2.22. The standard InChI is InChI=1S/C25H27N5OS2/c1-15-7-8-22(17(3)9-15)29-14-26-28-25(29)33-13-21-12-32-24(27-21)30(20(6)31)23-18(4)10-16(2)11-19(23)5/h7-12,14H,13H2,1-6H3. The van der Waals surface area contributed by atoms with Crippen molar-refractivity contribution in [1.82, 2.24) is 19.7 Å². The molecule has 4 aromatic rings. The highest BCUT2D eigenvalue weighted by Crippen LogP contribution is 2.35. The van der Waals surface area contributed by atoms with Crippen LogP contribution in [0, 0.1) is 34.6 Å². The van der Waals surface area contributed by atoms with Crippen LogP contribution >= 0.6 is 23.1 Å². The van der Waals surface area contributed by atoms with Gasteiger partial charge in [-0.1, -0.05) is 47.2 Å². The van der Waals surface area contributed by atoms with Crippen molar-refractivity contribution < 1.29 is 4.79 Å². The van der Waals surface area contributed by atoms with Gasteiger partial charge in [0, 0.05) is 18.1 Å². The van der Waals surface area contributed by atoms with Crippen LogP contribution in [0.5, 0.6) is 0 Å². The van der Waals surface area contributed by atoms with Crippen LogP contribution in [0.25, 0.3) is 5.69 Å². The molecule has 6 nitrogen and oxygen atoms in total. The van der Waals surface area contributed by atoms with Crippen LogP contribution in [-0.4, -0.2) is 25.7 Å². The molecule has 33 heavy (non-hydrogen) atoms. The van der Waals surface area contributed by atoms with E-state index in [4.69, 9.17) is 4.98 Å². The molecule has 1 amide bonds. The monoisotopic (exact) mass is 477 g/mol. The van der Waals surface area contributed by atoms with Crippen LogP contribution in [0.1, 0.15) is 40.4 Å². The molecule has 0 aliphatic heterocycles. The van der Waals surface area contributed by atoms with E-state index in [0.717, 1.165) is 33.4 Å². The van der Waals surface area contributed by atoms with Gasteiger partial charge in [0.2, 0.25) is 5.91 Å². The molecule has 2 aromatic carbocycles. The van der Waals surface area contributed by atoms with Crippen molar-refractivity contribution in [3.05, 3.63) is 75.6 Å². The van der Waals surface area contributed by atoms with E-state index in [-0.39, 0.29) is 5.91 Å². The zero-order valence-electron chi connectivity index (χ0n) is 19.7. The highest BCUT2D eigenvalue weighted by molar-refractivity contribution is 7.98. The maximum absolute atomic E-state index is 12.6. The quantitative estimate of drug-likeness (QED) is 0.308. The number of aryl methyl sites for hydroxylation is 5. The van der Waals surface area contributed by atoms with Crippen molar-refractivity contribution in [2.75, 3.05) is 4.90 Å². The minimum absolute atomic E-state index is 0.0480. The first kappa shape index (κ1) is 23.2. The molecule has 0 fully saturated rings. The zero-order chi connectivity index (χ0) is 23.7. The van der Waals surface area contributed by atoms with Crippen molar-refractivity contribution in [1.29, 1.82) is 0 Å².